The molecule has 0 N–H and O–H groups in total. The van der Waals surface area contributed by atoms with Crippen LogP contribution in [0.3, 0.4) is 0 Å². The van der Waals surface area contributed by atoms with E-state index in [1.54, 1.807) is 6.07 Å². The van der Waals surface area contributed by atoms with Gasteiger partial charge in [-0.05, 0) is 80.0 Å². The van der Waals surface area contributed by atoms with E-state index < -0.39 is 11.6 Å². The lowest BCUT2D eigenvalue weighted by Gasteiger charge is -2.32. The third-order valence-corrected chi connectivity index (χ3v) is 6.67. The van der Waals surface area contributed by atoms with Gasteiger partial charge >= 0.3 is 0 Å². The number of halogens is 2. The molecule has 0 saturated heterocycles. The number of hydrogen-bond donors (Lipinski definition) is 0. The average Bonchev–Trinajstić information content (AvgIpc) is 2.74. The van der Waals surface area contributed by atoms with Gasteiger partial charge in [-0.25, -0.2) is 4.39 Å². The lowest BCUT2D eigenvalue weighted by molar-refractivity contribution is -0.00998. The minimum atomic E-state index is -0.912. The van der Waals surface area contributed by atoms with Crippen LogP contribution in [0.15, 0.2) is 36.4 Å². The van der Waals surface area contributed by atoms with Crippen molar-refractivity contribution in [1.29, 1.82) is 0 Å². The molecule has 0 aromatic heterocycles. The van der Waals surface area contributed by atoms with Crippen LogP contribution in [0.25, 0.3) is 11.1 Å². The van der Waals surface area contributed by atoms with E-state index in [1.165, 1.54) is 30.9 Å². The summed E-state index contributed by atoms with van der Waals surface area (Å²) in [6.07, 6.45) is 9.66. The van der Waals surface area contributed by atoms with Crippen molar-refractivity contribution in [2.75, 3.05) is 13.2 Å². The summed E-state index contributed by atoms with van der Waals surface area (Å²) in [6.45, 7) is 3.24. The topological polar surface area (TPSA) is 18.5 Å². The zero-order valence-electron chi connectivity index (χ0n) is 17.8. The molecule has 2 nitrogen and oxygen atoms in total. The predicted octanol–water partition coefficient (Wildman–Crippen LogP) is 7.26. The molecule has 2 aromatic rings. The molecule has 0 heterocycles. The summed E-state index contributed by atoms with van der Waals surface area (Å²) in [5.74, 6) is -0.460. The van der Waals surface area contributed by atoms with Crippen LogP contribution < -0.4 is 4.74 Å². The van der Waals surface area contributed by atoms with Crippen LogP contribution in [0.2, 0.25) is 0 Å². The minimum Gasteiger partial charge on any atom is -0.490 e. The molecule has 4 heteroatoms. The molecule has 0 spiro atoms. The van der Waals surface area contributed by atoms with Crippen LogP contribution in [0.1, 0.15) is 69.8 Å². The Morgan fingerprint density at radius 1 is 0.867 bits per heavy atom. The van der Waals surface area contributed by atoms with Crippen molar-refractivity contribution in [2.45, 2.75) is 70.3 Å². The lowest BCUT2D eigenvalue weighted by atomic mass is 9.82. The largest absolute Gasteiger partial charge is 0.490 e. The van der Waals surface area contributed by atoms with E-state index in [1.807, 2.05) is 19.1 Å². The van der Waals surface area contributed by atoms with E-state index in [-0.39, 0.29) is 11.3 Å². The van der Waals surface area contributed by atoms with Crippen molar-refractivity contribution >= 4 is 0 Å². The van der Waals surface area contributed by atoms with Crippen molar-refractivity contribution in [1.82, 2.24) is 0 Å². The maximum Gasteiger partial charge on any atom is 0.201 e. The highest BCUT2D eigenvalue weighted by molar-refractivity contribution is 5.65. The molecule has 2 aliphatic carbocycles. The van der Waals surface area contributed by atoms with Gasteiger partial charge in [0.15, 0.2) is 11.6 Å². The van der Waals surface area contributed by atoms with Gasteiger partial charge in [0.2, 0.25) is 5.82 Å². The minimum absolute atomic E-state index is 0.0222. The first-order valence-corrected chi connectivity index (χ1v) is 11.5. The highest BCUT2D eigenvalue weighted by atomic mass is 19.2. The molecular weight excluding hydrogens is 382 g/mol. The highest BCUT2D eigenvalue weighted by Crippen LogP contribution is 2.37. The molecule has 0 radical (unpaired) electrons. The summed E-state index contributed by atoms with van der Waals surface area (Å²) in [4.78, 5) is 0. The van der Waals surface area contributed by atoms with E-state index in [4.69, 9.17) is 9.47 Å². The normalized spacial score (nSPS) is 22.0. The summed E-state index contributed by atoms with van der Waals surface area (Å²) in [5.41, 5.74) is 2.24. The van der Waals surface area contributed by atoms with E-state index in [0.717, 1.165) is 44.6 Å². The van der Waals surface area contributed by atoms with Gasteiger partial charge in [0.1, 0.15) is 0 Å². The third-order valence-electron chi connectivity index (χ3n) is 6.67. The second-order valence-electron chi connectivity index (χ2n) is 8.81. The predicted molar refractivity (Wildman–Crippen MR) is 116 cm³/mol. The highest BCUT2D eigenvalue weighted by Gasteiger charge is 2.25. The molecule has 0 unspecified atom stereocenters. The molecule has 0 atom stereocenters. The summed E-state index contributed by atoms with van der Waals surface area (Å²) < 4.78 is 40.3. The van der Waals surface area contributed by atoms with Gasteiger partial charge in [-0.2, -0.15) is 4.39 Å². The second kappa shape index (κ2) is 9.91. The Balaban J connectivity index is 1.36. The van der Waals surface area contributed by atoms with Crippen LogP contribution in [0, 0.1) is 17.6 Å². The maximum absolute atomic E-state index is 14.6. The molecule has 30 heavy (non-hydrogen) atoms. The fraction of sp³-hybridized carbons (Fsp3) is 0.538. The van der Waals surface area contributed by atoms with Crippen LogP contribution >= 0.6 is 0 Å². The molecular formula is C26H32F2O2. The number of ether oxygens (including phenoxy) is 2. The van der Waals surface area contributed by atoms with E-state index in [2.05, 4.69) is 12.1 Å². The van der Waals surface area contributed by atoms with Crippen molar-refractivity contribution in [3.8, 4) is 16.9 Å². The molecule has 162 valence electrons. The van der Waals surface area contributed by atoms with Crippen LogP contribution in [0.4, 0.5) is 8.78 Å². The Kier molecular flexibility index (Phi) is 7.04. The van der Waals surface area contributed by atoms with Gasteiger partial charge < -0.3 is 9.47 Å². The van der Waals surface area contributed by atoms with Gasteiger partial charge in [0.05, 0.1) is 12.7 Å². The fourth-order valence-electron chi connectivity index (χ4n) is 4.51. The Bertz CT molecular complexity index is 822. The summed E-state index contributed by atoms with van der Waals surface area (Å²) >= 11 is 0. The van der Waals surface area contributed by atoms with Gasteiger partial charge in [-0.3, -0.25) is 0 Å². The average molecular weight is 415 g/mol. The maximum atomic E-state index is 14.6. The quantitative estimate of drug-likeness (QED) is 0.452. The van der Waals surface area contributed by atoms with Crippen LogP contribution in [-0.2, 0) is 4.74 Å². The Labute approximate surface area is 178 Å². The Morgan fingerprint density at radius 2 is 1.60 bits per heavy atom. The Morgan fingerprint density at radius 3 is 2.23 bits per heavy atom. The fourth-order valence-corrected chi connectivity index (χ4v) is 4.51. The monoisotopic (exact) mass is 414 g/mol. The second-order valence-corrected chi connectivity index (χ2v) is 8.81. The molecule has 2 fully saturated rings. The molecule has 0 aliphatic heterocycles. The molecule has 2 aliphatic rings. The van der Waals surface area contributed by atoms with E-state index >= 15 is 0 Å². The van der Waals surface area contributed by atoms with Crippen LogP contribution in [0.5, 0.6) is 5.75 Å². The summed E-state index contributed by atoms with van der Waals surface area (Å²) in [6, 6.07) is 11.0. The SMILES string of the molecule is CCCOc1ccc(-c2ccc(C3CCC(OCC4CCC4)CC3)cc2)c(F)c1F. The summed E-state index contributed by atoms with van der Waals surface area (Å²) in [5, 5.41) is 0. The zero-order chi connectivity index (χ0) is 20.9. The molecule has 0 amide bonds. The van der Waals surface area contributed by atoms with Gasteiger partial charge in [-0.15, -0.1) is 0 Å². The van der Waals surface area contributed by atoms with E-state index in [0.29, 0.717) is 24.2 Å². The Hall–Kier alpha value is -1.94. The van der Waals surface area contributed by atoms with Gasteiger partial charge in [0.25, 0.3) is 0 Å². The standard InChI is InChI=1S/C26H32F2O2/c1-2-16-29-24-15-14-23(25(27)26(24)28)21-8-6-19(7-9-21)20-10-12-22(13-11-20)30-17-18-4-3-5-18/h6-9,14-15,18,20,22H,2-5,10-13,16-17H2,1H3. The van der Waals surface area contributed by atoms with Gasteiger partial charge in [-0.1, -0.05) is 37.6 Å². The van der Waals surface area contributed by atoms with Gasteiger partial charge in [0, 0.05) is 12.2 Å². The molecule has 2 saturated carbocycles. The van der Waals surface area contributed by atoms with Crippen molar-refractivity contribution in [3.63, 3.8) is 0 Å². The number of hydrogen-bond acceptors (Lipinski definition) is 2. The van der Waals surface area contributed by atoms with Crippen molar-refractivity contribution in [2.24, 2.45) is 5.92 Å². The van der Waals surface area contributed by atoms with Crippen molar-refractivity contribution < 1.29 is 18.3 Å². The number of benzene rings is 2. The molecule has 4 rings (SSSR count). The third kappa shape index (κ3) is 4.85. The smallest absolute Gasteiger partial charge is 0.201 e. The first kappa shape index (κ1) is 21.3. The first-order chi connectivity index (χ1) is 14.7. The van der Waals surface area contributed by atoms with Crippen LogP contribution in [-0.4, -0.2) is 19.3 Å². The molecule has 2 aromatic carbocycles. The number of rotatable bonds is 8. The summed E-state index contributed by atoms with van der Waals surface area (Å²) in [7, 11) is 0. The zero-order valence-corrected chi connectivity index (χ0v) is 17.8. The molecule has 0 bridgehead atoms. The van der Waals surface area contributed by atoms with Crippen molar-refractivity contribution in [3.05, 3.63) is 53.6 Å². The van der Waals surface area contributed by atoms with E-state index in [9.17, 15) is 8.78 Å². The first-order valence-electron chi connectivity index (χ1n) is 11.5. The lowest BCUT2D eigenvalue weighted by Crippen LogP contribution is -2.26.